The van der Waals surface area contributed by atoms with Gasteiger partial charge in [-0.3, -0.25) is 9.55 Å². The zero-order chi connectivity index (χ0) is 26.9. The van der Waals surface area contributed by atoms with Gasteiger partial charge in [0.2, 0.25) is 10.0 Å². The van der Waals surface area contributed by atoms with Crippen LogP contribution >= 0.6 is 23.4 Å². The third kappa shape index (κ3) is 5.47. The minimum atomic E-state index is -3.93. The van der Waals surface area contributed by atoms with Crippen molar-refractivity contribution in [2.24, 2.45) is 0 Å². The molecular weight excluding hydrogens is 538 g/mol. The minimum absolute atomic E-state index is 0.112. The number of fused-ring (bicyclic) bond motifs is 1. The van der Waals surface area contributed by atoms with Gasteiger partial charge in [0, 0.05) is 22.4 Å². The van der Waals surface area contributed by atoms with E-state index in [1.165, 1.54) is 17.3 Å². The van der Waals surface area contributed by atoms with Crippen LogP contribution in [0.1, 0.15) is 35.5 Å². The molecular formula is C28H26ClN5O2S2. The van der Waals surface area contributed by atoms with Gasteiger partial charge in [-0.2, -0.15) is 0 Å². The van der Waals surface area contributed by atoms with Gasteiger partial charge in [0.25, 0.3) is 0 Å². The molecule has 10 heteroatoms. The monoisotopic (exact) mass is 563 g/mol. The number of thioether (sulfide) groups is 1. The lowest BCUT2D eigenvalue weighted by Crippen LogP contribution is -2.29. The number of pyridine rings is 1. The maximum absolute atomic E-state index is 13.5. The molecule has 194 valence electrons. The highest BCUT2D eigenvalue weighted by Crippen LogP contribution is 2.31. The number of hydrogen-bond donors (Lipinski definition) is 1. The number of halogens is 1. The van der Waals surface area contributed by atoms with Crippen molar-refractivity contribution in [2.75, 3.05) is 0 Å². The quantitative estimate of drug-likeness (QED) is 0.219. The molecule has 0 aliphatic heterocycles. The first-order chi connectivity index (χ1) is 18.2. The van der Waals surface area contributed by atoms with Crippen LogP contribution in [0.5, 0.6) is 0 Å². The Bertz CT molecular complexity index is 1730. The number of nitrogens with one attached hydrogen (secondary N) is 1. The van der Waals surface area contributed by atoms with Crippen molar-refractivity contribution >= 4 is 44.3 Å². The van der Waals surface area contributed by atoms with Crippen molar-refractivity contribution in [1.29, 1.82) is 0 Å². The van der Waals surface area contributed by atoms with Crippen LogP contribution in [0.15, 0.2) is 89.0 Å². The summed E-state index contributed by atoms with van der Waals surface area (Å²) in [5.41, 5.74) is 4.51. The van der Waals surface area contributed by atoms with E-state index in [0.29, 0.717) is 27.3 Å². The second-order valence-electron chi connectivity index (χ2n) is 9.06. The third-order valence-electron chi connectivity index (χ3n) is 6.13. The molecule has 2 aromatic heterocycles. The molecule has 0 amide bonds. The molecule has 1 unspecified atom stereocenters. The van der Waals surface area contributed by atoms with Gasteiger partial charge in [0.05, 0.1) is 17.2 Å². The summed E-state index contributed by atoms with van der Waals surface area (Å²) in [6.45, 7) is 5.79. The van der Waals surface area contributed by atoms with E-state index >= 15 is 0 Å². The maximum Gasteiger partial charge on any atom is 0.243 e. The summed E-state index contributed by atoms with van der Waals surface area (Å²) in [5.74, 6) is 1.14. The zero-order valence-electron chi connectivity index (χ0n) is 21.1. The standard InChI is InChI=1S/C28H26ClN5O2S2/c1-18-7-4-8-21(15-18)17-37-28-32-31-27(34(28)24-16-23(29)13-12-19(24)2)20(3)33-38(35,36)25-11-5-9-22-10-6-14-30-26(22)25/h4-16,20,33H,17H2,1-3H3. The SMILES string of the molecule is Cc1cccc(CSc2nnc(C(C)NS(=O)(=O)c3cccc4cccnc34)n2-c2cc(Cl)ccc2C)c1. The van der Waals surface area contributed by atoms with Crippen molar-refractivity contribution in [1.82, 2.24) is 24.5 Å². The molecule has 0 fully saturated rings. The minimum Gasteiger partial charge on any atom is -0.272 e. The van der Waals surface area contributed by atoms with Crippen molar-refractivity contribution in [3.63, 3.8) is 0 Å². The lowest BCUT2D eigenvalue weighted by atomic mass is 10.2. The molecule has 0 saturated carbocycles. The molecule has 2 heterocycles. The molecule has 0 aliphatic rings. The van der Waals surface area contributed by atoms with E-state index < -0.39 is 16.1 Å². The molecule has 1 N–H and O–H groups in total. The Morgan fingerprint density at radius 2 is 1.79 bits per heavy atom. The fraction of sp³-hybridized carbons (Fsp3) is 0.179. The van der Waals surface area contributed by atoms with E-state index in [0.717, 1.165) is 22.2 Å². The van der Waals surface area contributed by atoms with Crippen LogP contribution in [0.2, 0.25) is 5.02 Å². The van der Waals surface area contributed by atoms with E-state index in [1.54, 1.807) is 31.3 Å². The summed E-state index contributed by atoms with van der Waals surface area (Å²) in [6, 6.07) is 21.9. The van der Waals surface area contributed by atoms with Gasteiger partial charge in [-0.05, 0) is 56.2 Å². The molecule has 0 radical (unpaired) electrons. The highest BCUT2D eigenvalue weighted by molar-refractivity contribution is 7.98. The normalized spacial score (nSPS) is 12.6. The fourth-order valence-corrected chi connectivity index (χ4v) is 6.74. The van der Waals surface area contributed by atoms with Gasteiger partial charge >= 0.3 is 0 Å². The number of para-hydroxylation sites is 1. The number of benzene rings is 3. The van der Waals surface area contributed by atoms with E-state index in [4.69, 9.17) is 11.6 Å². The van der Waals surface area contributed by atoms with Gasteiger partial charge in [0.15, 0.2) is 11.0 Å². The van der Waals surface area contributed by atoms with E-state index in [1.807, 2.05) is 47.9 Å². The Morgan fingerprint density at radius 3 is 2.61 bits per heavy atom. The molecule has 1 atom stereocenters. The molecule has 0 spiro atoms. The molecule has 38 heavy (non-hydrogen) atoms. The van der Waals surface area contributed by atoms with Crippen LogP contribution in [-0.4, -0.2) is 28.2 Å². The fourth-order valence-electron chi connectivity index (χ4n) is 4.30. The summed E-state index contributed by atoms with van der Waals surface area (Å²) >= 11 is 7.90. The summed E-state index contributed by atoms with van der Waals surface area (Å²) < 4.78 is 31.7. The summed E-state index contributed by atoms with van der Waals surface area (Å²) in [6.07, 6.45) is 1.58. The van der Waals surface area contributed by atoms with Crippen LogP contribution < -0.4 is 4.72 Å². The summed E-state index contributed by atoms with van der Waals surface area (Å²) in [5, 5.41) is 10.9. The summed E-state index contributed by atoms with van der Waals surface area (Å²) in [4.78, 5) is 4.42. The van der Waals surface area contributed by atoms with Gasteiger partial charge in [0.1, 0.15) is 4.90 Å². The topological polar surface area (TPSA) is 89.8 Å². The Kier molecular flexibility index (Phi) is 7.54. The number of nitrogens with zero attached hydrogens (tertiary/aromatic N) is 4. The molecule has 0 aliphatic carbocycles. The average molecular weight is 564 g/mol. The molecule has 5 rings (SSSR count). The van der Waals surface area contributed by atoms with Crippen LogP contribution in [0.3, 0.4) is 0 Å². The molecule has 5 aromatic rings. The molecule has 0 saturated heterocycles. The van der Waals surface area contributed by atoms with E-state index in [2.05, 4.69) is 45.0 Å². The Hall–Kier alpha value is -3.24. The highest BCUT2D eigenvalue weighted by atomic mass is 35.5. The van der Waals surface area contributed by atoms with Crippen LogP contribution in [0, 0.1) is 13.8 Å². The third-order valence-corrected chi connectivity index (χ3v) is 8.93. The molecule has 0 bridgehead atoms. The number of hydrogen-bond acceptors (Lipinski definition) is 6. The van der Waals surface area contributed by atoms with Gasteiger partial charge < -0.3 is 0 Å². The van der Waals surface area contributed by atoms with Crippen LogP contribution in [-0.2, 0) is 15.8 Å². The molecule has 7 nitrogen and oxygen atoms in total. The van der Waals surface area contributed by atoms with Crippen molar-refractivity contribution in [2.45, 2.75) is 42.6 Å². The number of sulfonamides is 1. The number of rotatable bonds is 8. The van der Waals surface area contributed by atoms with Gasteiger partial charge in [-0.15, -0.1) is 10.2 Å². The van der Waals surface area contributed by atoms with Gasteiger partial charge in [-0.1, -0.05) is 77.5 Å². The lowest BCUT2D eigenvalue weighted by Gasteiger charge is -2.18. The van der Waals surface area contributed by atoms with Crippen molar-refractivity contribution < 1.29 is 8.42 Å². The van der Waals surface area contributed by atoms with Crippen molar-refractivity contribution in [3.05, 3.63) is 107 Å². The first kappa shape index (κ1) is 26.4. The Morgan fingerprint density at radius 1 is 1.00 bits per heavy atom. The second-order valence-corrected chi connectivity index (χ2v) is 12.1. The van der Waals surface area contributed by atoms with E-state index in [9.17, 15) is 8.42 Å². The zero-order valence-corrected chi connectivity index (χ0v) is 23.5. The lowest BCUT2D eigenvalue weighted by molar-refractivity contribution is 0.556. The van der Waals surface area contributed by atoms with E-state index in [-0.39, 0.29) is 4.90 Å². The largest absolute Gasteiger partial charge is 0.272 e. The predicted molar refractivity (Wildman–Crippen MR) is 152 cm³/mol. The number of aryl methyl sites for hydroxylation is 2. The highest BCUT2D eigenvalue weighted by Gasteiger charge is 2.27. The van der Waals surface area contributed by atoms with Crippen LogP contribution in [0.25, 0.3) is 16.6 Å². The van der Waals surface area contributed by atoms with Crippen molar-refractivity contribution in [3.8, 4) is 5.69 Å². The maximum atomic E-state index is 13.5. The number of aromatic nitrogens is 4. The first-order valence-electron chi connectivity index (χ1n) is 12.0. The second kappa shape index (κ2) is 10.9. The average Bonchev–Trinajstić information content (AvgIpc) is 3.32. The van der Waals surface area contributed by atoms with Crippen LogP contribution in [0.4, 0.5) is 0 Å². The summed E-state index contributed by atoms with van der Waals surface area (Å²) in [7, 11) is -3.93. The Balaban J connectivity index is 1.53. The smallest absolute Gasteiger partial charge is 0.243 e. The molecule has 3 aromatic carbocycles. The first-order valence-corrected chi connectivity index (χ1v) is 14.8. The Labute approximate surface area is 231 Å². The van der Waals surface area contributed by atoms with Gasteiger partial charge in [-0.25, -0.2) is 13.1 Å². The predicted octanol–water partition coefficient (Wildman–Crippen LogP) is 6.42.